The summed E-state index contributed by atoms with van der Waals surface area (Å²) in [7, 11) is 1.00. The molecule has 1 aromatic carbocycles. The first-order valence-corrected chi connectivity index (χ1v) is 9.72. The molecule has 0 atom stereocenters. The van der Waals surface area contributed by atoms with Gasteiger partial charge in [-0.3, -0.25) is 15.4 Å². The zero-order valence-electron chi connectivity index (χ0n) is 17.1. The molecule has 0 saturated heterocycles. The van der Waals surface area contributed by atoms with Crippen LogP contribution in [0.1, 0.15) is 36.0 Å². The van der Waals surface area contributed by atoms with E-state index in [-0.39, 0.29) is 6.61 Å². The number of hydrogen-bond donors (Lipinski definition) is 4. The second-order valence-corrected chi connectivity index (χ2v) is 6.50. The summed E-state index contributed by atoms with van der Waals surface area (Å²) in [6.45, 7) is 1.91. The van der Waals surface area contributed by atoms with Gasteiger partial charge in [-0.1, -0.05) is 35.9 Å². The van der Waals surface area contributed by atoms with E-state index < -0.39 is 0 Å². The van der Waals surface area contributed by atoms with Crippen molar-refractivity contribution in [1.29, 1.82) is 10.8 Å². The van der Waals surface area contributed by atoms with Crippen molar-refractivity contribution < 1.29 is 10.2 Å². The van der Waals surface area contributed by atoms with Crippen molar-refractivity contribution in [3.8, 4) is 0 Å². The van der Waals surface area contributed by atoms with Crippen molar-refractivity contribution in [2.75, 3.05) is 13.7 Å². The van der Waals surface area contributed by atoms with Crippen molar-refractivity contribution in [3.63, 3.8) is 0 Å². The number of hydrogen-bond acceptors (Lipinski definition) is 6. The molecule has 0 bridgehead atoms. The lowest BCUT2D eigenvalue weighted by Crippen LogP contribution is -2.02. The largest absolute Gasteiger partial charge is 0.400 e. The van der Waals surface area contributed by atoms with Gasteiger partial charge in [0.05, 0.1) is 22.8 Å². The smallest absolute Gasteiger partial charge is 0.0885 e. The van der Waals surface area contributed by atoms with E-state index in [2.05, 4.69) is 9.97 Å². The fourth-order valence-electron chi connectivity index (χ4n) is 2.36. The summed E-state index contributed by atoms with van der Waals surface area (Å²) in [4.78, 5) is 8.39. The average molecular weight is 427 g/mol. The average Bonchev–Trinajstić information content (AvgIpc) is 2.80. The topological polar surface area (TPSA) is 114 Å². The molecule has 0 aliphatic heterocycles. The molecule has 0 fully saturated rings. The van der Waals surface area contributed by atoms with Crippen molar-refractivity contribution in [2.45, 2.75) is 19.8 Å². The standard InChI is InChI=1S/C12H9ClN2.C10H14N2O.CH4O/c13-10-6-4-9(5-7-10)12(14)11-3-1-2-8-15-11;1-8(11)10-6-2-4-9(12-10)5-3-7-13;1-2/h1-8,14H;2,4,6,11,13H,3,5,7H2,1H3;2H,1H3. The Hall–Kier alpha value is -2.93. The monoisotopic (exact) mass is 426 g/mol. The quantitative estimate of drug-likeness (QED) is 0.443. The first-order valence-electron chi connectivity index (χ1n) is 9.34. The van der Waals surface area contributed by atoms with Crippen LogP contribution in [0.3, 0.4) is 0 Å². The van der Waals surface area contributed by atoms with Gasteiger partial charge < -0.3 is 15.6 Å². The molecule has 0 amide bonds. The maximum absolute atomic E-state index is 8.64. The fourth-order valence-corrected chi connectivity index (χ4v) is 2.49. The van der Waals surface area contributed by atoms with Gasteiger partial charge in [-0.15, -0.1) is 0 Å². The third kappa shape index (κ3) is 8.61. The lowest BCUT2D eigenvalue weighted by atomic mass is 10.1. The molecule has 4 N–H and O–H groups in total. The van der Waals surface area contributed by atoms with Gasteiger partial charge in [-0.05, 0) is 56.2 Å². The number of halogens is 1. The molecule has 0 aliphatic carbocycles. The lowest BCUT2D eigenvalue weighted by molar-refractivity contribution is 0.288. The Bertz CT molecular complexity index is 916. The number of pyridine rings is 2. The van der Waals surface area contributed by atoms with Gasteiger partial charge in [-0.2, -0.15) is 0 Å². The van der Waals surface area contributed by atoms with Crippen LogP contribution in [0.15, 0.2) is 66.9 Å². The minimum absolute atomic E-state index is 0.190. The molecule has 2 heterocycles. The second-order valence-electron chi connectivity index (χ2n) is 6.06. The number of rotatable bonds is 6. The number of aromatic nitrogens is 2. The summed E-state index contributed by atoms with van der Waals surface area (Å²) < 4.78 is 0. The Labute approximate surface area is 182 Å². The molecular formula is C23H27ClN4O2. The van der Waals surface area contributed by atoms with Crippen molar-refractivity contribution in [2.24, 2.45) is 0 Å². The molecule has 0 aliphatic rings. The minimum Gasteiger partial charge on any atom is -0.400 e. The van der Waals surface area contributed by atoms with Crippen LogP contribution in [-0.4, -0.2) is 45.3 Å². The van der Waals surface area contributed by atoms with E-state index in [4.69, 9.17) is 32.6 Å². The molecule has 0 radical (unpaired) electrons. The maximum atomic E-state index is 8.64. The predicted molar refractivity (Wildman–Crippen MR) is 122 cm³/mol. The Kier molecular flexibility index (Phi) is 11.8. The van der Waals surface area contributed by atoms with Crippen molar-refractivity contribution in [3.05, 3.63) is 94.5 Å². The third-order valence-electron chi connectivity index (χ3n) is 3.84. The van der Waals surface area contributed by atoms with E-state index in [1.54, 1.807) is 25.3 Å². The number of nitrogens with one attached hydrogen (secondary N) is 2. The van der Waals surface area contributed by atoms with Crippen LogP contribution in [0.25, 0.3) is 0 Å². The molecular weight excluding hydrogens is 400 g/mol. The number of nitrogens with zero attached hydrogens (tertiary/aromatic N) is 2. The molecule has 158 valence electrons. The van der Waals surface area contributed by atoms with Gasteiger partial charge in [0.2, 0.25) is 0 Å². The highest BCUT2D eigenvalue weighted by molar-refractivity contribution is 6.30. The van der Waals surface area contributed by atoms with Gasteiger partial charge >= 0.3 is 0 Å². The molecule has 0 saturated carbocycles. The Morgan fingerprint density at radius 2 is 1.60 bits per heavy atom. The molecule has 2 aromatic heterocycles. The Morgan fingerprint density at radius 3 is 2.17 bits per heavy atom. The minimum atomic E-state index is 0.190. The van der Waals surface area contributed by atoms with Gasteiger partial charge in [0, 0.05) is 36.2 Å². The summed E-state index contributed by atoms with van der Waals surface area (Å²) >= 11 is 5.78. The van der Waals surface area contributed by atoms with Crippen molar-refractivity contribution >= 4 is 23.0 Å². The second kappa shape index (κ2) is 14.1. The van der Waals surface area contributed by atoms with E-state index >= 15 is 0 Å². The normalized spacial score (nSPS) is 9.50. The zero-order valence-corrected chi connectivity index (χ0v) is 17.9. The summed E-state index contributed by atoms with van der Waals surface area (Å²) in [5, 5.41) is 31.6. The Balaban J connectivity index is 0.000000280. The van der Waals surface area contributed by atoms with E-state index in [0.717, 1.165) is 36.9 Å². The Morgan fingerprint density at radius 1 is 0.933 bits per heavy atom. The molecule has 6 nitrogen and oxygen atoms in total. The highest BCUT2D eigenvalue weighted by Gasteiger charge is 2.04. The molecule has 30 heavy (non-hydrogen) atoms. The van der Waals surface area contributed by atoms with E-state index in [1.807, 2.05) is 48.5 Å². The van der Waals surface area contributed by atoms with E-state index in [9.17, 15) is 0 Å². The first kappa shape index (κ1) is 25.1. The van der Waals surface area contributed by atoms with Crippen LogP contribution in [0.2, 0.25) is 5.02 Å². The molecule has 3 aromatic rings. The first-order chi connectivity index (χ1) is 14.5. The molecule has 0 spiro atoms. The summed E-state index contributed by atoms with van der Waals surface area (Å²) in [5.74, 6) is 0. The SMILES string of the molecule is CC(=N)c1cccc(CCCO)n1.CO.N=C(c1ccc(Cl)cc1)c1ccccn1. The van der Waals surface area contributed by atoms with Gasteiger partial charge in [0.1, 0.15) is 0 Å². The fraction of sp³-hybridized carbons (Fsp3) is 0.217. The number of aliphatic hydroxyl groups excluding tert-OH is 2. The number of benzene rings is 1. The van der Waals surface area contributed by atoms with Crippen molar-refractivity contribution in [1.82, 2.24) is 9.97 Å². The van der Waals surface area contributed by atoms with Crippen LogP contribution < -0.4 is 0 Å². The lowest BCUT2D eigenvalue weighted by Gasteiger charge is -2.02. The highest BCUT2D eigenvalue weighted by Crippen LogP contribution is 2.12. The van der Waals surface area contributed by atoms with Crippen LogP contribution in [-0.2, 0) is 6.42 Å². The van der Waals surface area contributed by atoms with E-state index in [0.29, 0.717) is 22.1 Å². The van der Waals surface area contributed by atoms with Crippen LogP contribution in [0.4, 0.5) is 0 Å². The predicted octanol–water partition coefficient (Wildman–Crippen LogP) is 4.15. The third-order valence-corrected chi connectivity index (χ3v) is 4.09. The maximum Gasteiger partial charge on any atom is 0.0885 e. The number of aryl methyl sites for hydroxylation is 1. The number of aliphatic hydroxyl groups is 2. The summed E-state index contributed by atoms with van der Waals surface area (Å²) in [6, 6.07) is 18.3. The zero-order chi connectivity index (χ0) is 22.4. The van der Waals surface area contributed by atoms with Gasteiger partial charge in [-0.25, -0.2) is 0 Å². The molecule has 0 unspecified atom stereocenters. The van der Waals surface area contributed by atoms with Crippen LogP contribution >= 0.6 is 11.6 Å². The van der Waals surface area contributed by atoms with Crippen LogP contribution in [0.5, 0.6) is 0 Å². The summed E-state index contributed by atoms with van der Waals surface area (Å²) in [5.41, 5.74) is 4.03. The van der Waals surface area contributed by atoms with E-state index in [1.165, 1.54) is 0 Å². The molecule has 7 heteroatoms. The van der Waals surface area contributed by atoms with Gasteiger partial charge in [0.15, 0.2) is 0 Å². The summed E-state index contributed by atoms with van der Waals surface area (Å²) in [6.07, 6.45) is 3.19. The van der Waals surface area contributed by atoms with Gasteiger partial charge in [0.25, 0.3) is 0 Å². The van der Waals surface area contributed by atoms with Crippen LogP contribution in [0, 0.1) is 10.8 Å². The highest BCUT2D eigenvalue weighted by atomic mass is 35.5. The molecule has 3 rings (SSSR count).